The van der Waals surface area contributed by atoms with E-state index >= 15 is 0 Å². The molecule has 0 atom stereocenters. The molecule has 6 nitrogen and oxygen atoms in total. The third-order valence-electron chi connectivity index (χ3n) is 5.08. The molecule has 0 aliphatic carbocycles. The third kappa shape index (κ3) is 4.40. The maximum Gasteiger partial charge on any atom is 0.226 e. The van der Waals surface area contributed by atoms with E-state index in [1.165, 1.54) is 5.56 Å². The number of nitrogens with one attached hydrogen (secondary N) is 2. The number of para-hydroxylation sites is 1. The van der Waals surface area contributed by atoms with E-state index in [0.29, 0.717) is 16.8 Å². The molecule has 5 rings (SSSR count). The van der Waals surface area contributed by atoms with Crippen molar-refractivity contribution in [3.63, 3.8) is 0 Å². The van der Waals surface area contributed by atoms with Crippen LogP contribution in [0.4, 0.5) is 17.5 Å². The second-order valence-corrected chi connectivity index (χ2v) is 7.76. The number of anilines is 3. The predicted octanol–water partition coefficient (Wildman–Crippen LogP) is 5.87. The van der Waals surface area contributed by atoms with Gasteiger partial charge in [-0.05, 0) is 48.4 Å². The highest BCUT2D eigenvalue weighted by atomic mass is 35.5. The Labute approximate surface area is 190 Å². The standard InChI is InChI=1S/C25H21ClN6/c26-19-11-13-20(14-12-19)29-23-22-17-28-32(21-9-5-2-6-10-21)24(22)31-25(30-23)27-16-15-18-7-3-1-4-8-18/h1-14,17H,15-16H2,(H2,27,29,30,31). The number of rotatable bonds is 7. The van der Waals surface area contributed by atoms with Crippen LogP contribution in [0.3, 0.4) is 0 Å². The van der Waals surface area contributed by atoms with Crippen LogP contribution in [0.2, 0.25) is 5.02 Å². The van der Waals surface area contributed by atoms with Crippen LogP contribution in [0, 0.1) is 0 Å². The lowest BCUT2D eigenvalue weighted by molar-refractivity contribution is 0.893. The number of hydrogen-bond donors (Lipinski definition) is 2. The van der Waals surface area contributed by atoms with Crippen LogP contribution >= 0.6 is 11.6 Å². The highest BCUT2D eigenvalue weighted by molar-refractivity contribution is 6.30. The van der Waals surface area contributed by atoms with Gasteiger partial charge in [-0.1, -0.05) is 60.1 Å². The summed E-state index contributed by atoms with van der Waals surface area (Å²) in [6.07, 6.45) is 2.66. The Morgan fingerprint density at radius 3 is 2.28 bits per heavy atom. The van der Waals surface area contributed by atoms with Gasteiger partial charge in [0.15, 0.2) is 5.65 Å². The first-order valence-corrected chi connectivity index (χ1v) is 10.8. The Bertz CT molecular complexity index is 1320. The van der Waals surface area contributed by atoms with Crippen molar-refractivity contribution in [1.29, 1.82) is 0 Å². The molecule has 2 N–H and O–H groups in total. The van der Waals surface area contributed by atoms with Crippen molar-refractivity contribution in [3.8, 4) is 5.69 Å². The molecule has 32 heavy (non-hydrogen) atoms. The van der Waals surface area contributed by atoms with E-state index in [1.807, 2.05) is 77.5 Å². The molecule has 5 aromatic rings. The minimum Gasteiger partial charge on any atom is -0.354 e. The van der Waals surface area contributed by atoms with Crippen LogP contribution in [0.1, 0.15) is 5.56 Å². The summed E-state index contributed by atoms with van der Waals surface area (Å²) in [5.41, 5.74) is 3.81. The topological polar surface area (TPSA) is 67.7 Å². The van der Waals surface area contributed by atoms with Crippen LogP contribution in [0.5, 0.6) is 0 Å². The highest BCUT2D eigenvalue weighted by Gasteiger charge is 2.14. The van der Waals surface area contributed by atoms with E-state index in [9.17, 15) is 0 Å². The molecule has 0 fully saturated rings. The van der Waals surface area contributed by atoms with Gasteiger partial charge in [0.2, 0.25) is 5.95 Å². The quantitative estimate of drug-likeness (QED) is 0.331. The third-order valence-corrected chi connectivity index (χ3v) is 5.33. The molecule has 0 aliphatic heterocycles. The van der Waals surface area contributed by atoms with Crippen molar-refractivity contribution < 1.29 is 0 Å². The van der Waals surface area contributed by atoms with Crippen LogP contribution in [0.25, 0.3) is 16.7 Å². The van der Waals surface area contributed by atoms with E-state index < -0.39 is 0 Å². The molecule has 0 aliphatic rings. The SMILES string of the molecule is Clc1ccc(Nc2nc(NCCc3ccccc3)nc3c2cnn3-c2ccccc2)cc1. The van der Waals surface area contributed by atoms with Crippen molar-refractivity contribution in [1.82, 2.24) is 19.7 Å². The molecule has 7 heteroatoms. The van der Waals surface area contributed by atoms with E-state index in [-0.39, 0.29) is 0 Å². The molecule has 0 radical (unpaired) electrons. The van der Waals surface area contributed by atoms with Gasteiger partial charge in [0, 0.05) is 17.3 Å². The van der Waals surface area contributed by atoms with Gasteiger partial charge in [-0.15, -0.1) is 0 Å². The van der Waals surface area contributed by atoms with Crippen LogP contribution in [-0.2, 0) is 6.42 Å². The normalized spacial score (nSPS) is 10.9. The molecule has 0 saturated heterocycles. The fraction of sp³-hybridized carbons (Fsp3) is 0.0800. The summed E-state index contributed by atoms with van der Waals surface area (Å²) >= 11 is 6.04. The summed E-state index contributed by atoms with van der Waals surface area (Å²) in [6.45, 7) is 0.718. The summed E-state index contributed by atoms with van der Waals surface area (Å²) < 4.78 is 1.83. The van der Waals surface area contributed by atoms with E-state index in [4.69, 9.17) is 21.6 Å². The van der Waals surface area contributed by atoms with Crippen molar-refractivity contribution in [2.24, 2.45) is 0 Å². The van der Waals surface area contributed by atoms with Crippen LogP contribution in [0.15, 0.2) is 91.1 Å². The summed E-state index contributed by atoms with van der Waals surface area (Å²) in [7, 11) is 0. The maximum absolute atomic E-state index is 6.04. The number of aromatic nitrogens is 4. The first-order chi connectivity index (χ1) is 15.8. The lowest BCUT2D eigenvalue weighted by Gasteiger charge is -2.11. The Hall–Kier alpha value is -3.90. The van der Waals surface area contributed by atoms with Crippen LogP contribution in [-0.4, -0.2) is 26.3 Å². The second kappa shape index (κ2) is 9.08. The van der Waals surface area contributed by atoms with Gasteiger partial charge in [0.1, 0.15) is 5.82 Å². The van der Waals surface area contributed by atoms with Gasteiger partial charge in [-0.25, -0.2) is 4.68 Å². The molecule has 0 spiro atoms. The fourth-order valence-corrected chi connectivity index (χ4v) is 3.60. The van der Waals surface area contributed by atoms with Gasteiger partial charge in [-0.2, -0.15) is 15.1 Å². The van der Waals surface area contributed by atoms with Crippen molar-refractivity contribution in [3.05, 3.63) is 102 Å². The lowest BCUT2D eigenvalue weighted by Crippen LogP contribution is -2.10. The summed E-state index contributed by atoms with van der Waals surface area (Å²) in [5, 5.41) is 12.8. The smallest absolute Gasteiger partial charge is 0.226 e. The Balaban J connectivity index is 1.50. The van der Waals surface area contributed by atoms with Gasteiger partial charge in [0.05, 0.1) is 17.3 Å². The summed E-state index contributed by atoms with van der Waals surface area (Å²) in [5.74, 6) is 1.23. The average molecular weight is 441 g/mol. The molecule has 0 saturated carbocycles. The Kier molecular flexibility index (Phi) is 5.68. The zero-order valence-electron chi connectivity index (χ0n) is 17.2. The van der Waals surface area contributed by atoms with Crippen molar-refractivity contribution >= 4 is 40.1 Å². The molecular formula is C25H21ClN6. The highest BCUT2D eigenvalue weighted by Crippen LogP contribution is 2.27. The lowest BCUT2D eigenvalue weighted by atomic mass is 10.1. The maximum atomic E-state index is 6.04. The Morgan fingerprint density at radius 1 is 0.812 bits per heavy atom. The molecular weight excluding hydrogens is 420 g/mol. The van der Waals surface area contributed by atoms with E-state index in [0.717, 1.165) is 35.4 Å². The number of fused-ring (bicyclic) bond motifs is 1. The van der Waals surface area contributed by atoms with Gasteiger partial charge < -0.3 is 10.6 Å². The molecule has 2 heterocycles. The minimum atomic E-state index is 0.544. The van der Waals surface area contributed by atoms with E-state index in [1.54, 1.807) is 6.20 Å². The number of nitrogens with zero attached hydrogens (tertiary/aromatic N) is 4. The van der Waals surface area contributed by atoms with Crippen molar-refractivity contribution in [2.75, 3.05) is 17.2 Å². The van der Waals surface area contributed by atoms with Crippen molar-refractivity contribution in [2.45, 2.75) is 6.42 Å². The molecule has 0 bridgehead atoms. The largest absolute Gasteiger partial charge is 0.354 e. The predicted molar refractivity (Wildman–Crippen MR) is 130 cm³/mol. The molecule has 2 aromatic heterocycles. The molecule has 3 aromatic carbocycles. The Morgan fingerprint density at radius 2 is 1.53 bits per heavy atom. The summed E-state index contributed by atoms with van der Waals surface area (Å²) in [6, 6.07) is 27.8. The van der Waals surface area contributed by atoms with Crippen LogP contribution < -0.4 is 10.6 Å². The number of halogens is 1. The zero-order chi connectivity index (χ0) is 21.8. The first kappa shape index (κ1) is 20.0. The first-order valence-electron chi connectivity index (χ1n) is 10.4. The molecule has 158 valence electrons. The van der Waals surface area contributed by atoms with E-state index in [2.05, 4.69) is 27.9 Å². The van der Waals surface area contributed by atoms with Gasteiger partial charge in [-0.3, -0.25) is 0 Å². The molecule has 0 amide bonds. The zero-order valence-corrected chi connectivity index (χ0v) is 18.0. The average Bonchev–Trinajstić information content (AvgIpc) is 3.26. The van der Waals surface area contributed by atoms with Gasteiger partial charge in [0.25, 0.3) is 0 Å². The minimum absolute atomic E-state index is 0.544. The fourth-order valence-electron chi connectivity index (χ4n) is 3.47. The molecule has 0 unspecified atom stereocenters. The number of benzene rings is 3. The summed E-state index contributed by atoms with van der Waals surface area (Å²) in [4.78, 5) is 9.51. The van der Waals surface area contributed by atoms with Gasteiger partial charge >= 0.3 is 0 Å². The number of hydrogen-bond acceptors (Lipinski definition) is 5. The monoisotopic (exact) mass is 440 g/mol. The second-order valence-electron chi connectivity index (χ2n) is 7.32.